The maximum atomic E-state index is 5.28. The summed E-state index contributed by atoms with van der Waals surface area (Å²) in [7, 11) is 1.70. The predicted molar refractivity (Wildman–Crippen MR) is 87.1 cm³/mol. The van der Waals surface area contributed by atoms with E-state index in [1.165, 1.54) is 16.7 Å². The summed E-state index contributed by atoms with van der Waals surface area (Å²) < 4.78 is 6.39. The molecule has 1 N–H and O–H groups in total. The summed E-state index contributed by atoms with van der Waals surface area (Å²) in [6.45, 7) is 5.10. The number of hydrogen-bond acceptors (Lipinski definition) is 2. The van der Waals surface area contributed by atoms with E-state index in [0.717, 1.165) is 16.8 Å². The first-order valence-corrected chi connectivity index (χ1v) is 7.52. The Kier molecular flexibility index (Phi) is 5.21. The summed E-state index contributed by atoms with van der Waals surface area (Å²) in [6.07, 6.45) is 0. The fourth-order valence-electron chi connectivity index (χ4n) is 2.19. The van der Waals surface area contributed by atoms with E-state index < -0.39 is 0 Å². The Morgan fingerprint density at radius 1 is 1.15 bits per heavy atom. The van der Waals surface area contributed by atoms with Crippen LogP contribution in [0.25, 0.3) is 0 Å². The lowest BCUT2D eigenvalue weighted by Gasteiger charge is -2.15. The van der Waals surface area contributed by atoms with Crippen molar-refractivity contribution in [3.05, 3.63) is 63.6 Å². The van der Waals surface area contributed by atoms with Crippen molar-refractivity contribution in [3.63, 3.8) is 0 Å². The predicted octanol–water partition coefficient (Wildman–Crippen LogP) is 4.62. The lowest BCUT2D eigenvalue weighted by Crippen LogP contribution is -2.18. The van der Waals surface area contributed by atoms with Gasteiger partial charge in [0.05, 0.1) is 7.11 Å². The van der Waals surface area contributed by atoms with Crippen LogP contribution in [0.15, 0.2) is 46.9 Å². The molecule has 0 amide bonds. The van der Waals surface area contributed by atoms with E-state index in [1.54, 1.807) is 7.11 Å². The molecule has 0 spiro atoms. The molecular weight excluding hydrogens is 314 g/mol. The third-order valence-electron chi connectivity index (χ3n) is 3.44. The Hall–Kier alpha value is -1.32. The van der Waals surface area contributed by atoms with E-state index in [4.69, 9.17) is 4.74 Å². The molecule has 0 saturated carbocycles. The first kappa shape index (κ1) is 15.1. The molecule has 0 aliphatic carbocycles. The Morgan fingerprint density at radius 3 is 2.45 bits per heavy atom. The largest absolute Gasteiger partial charge is 0.496 e. The van der Waals surface area contributed by atoms with Crippen LogP contribution in [-0.4, -0.2) is 7.11 Å². The minimum absolute atomic E-state index is 0.325. The standard InChI is InChI=1S/C17H20BrNO/c1-12-10-14(4-9-17(12)20-3)11-19-13(2)15-5-7-16(18)8-6-15/h4-10,13,19H,11H2,1-3H3. The van der Waals surface area contributed by atoms with Crippen LogP contribution in [0.4, 0.5) is 0 Å². The van der Waals surface area contributed by atoms with Crippen LogP contribution in [0.3, 0.4) is 0 Å². The Balaban J connectivity index is 1.97. The molecule has 2 nitrogen and oxygen atoms in total. The van der Waals surface area contributed by atoms with Crippen LogP contribution < -0.4 is 10.1 Å². The molecule has 2 aromatic carbocycles. The van der Waals surface area contributed by atoms with Crippen molar-refractivity contribution < 1.29 is 4.74 Å². The zero-order valence-electron chi connectivity index (χ0n) is 12.1. The molecule has 0 aromatic heterocycles. The SMILES string of the molecule is COc1ccc(CNC(C)c2ccc(Br)cc2)cc1C. The summed E-state index contributed by atoms with van der Waals surface area (Å²) in [5.74, 6) is 0.940. The van der Waals surface area contributed by atoms with Crippen LogP contribution in [0.2, 0.25) is 0 Å². The first-order valence-electron chi connectivity index (χ1n) is 6.72. The molecule has 106 valence electrons. The minimum atomic E-state index is 0.325. The van der Waals surface area contributed by atoms with Gasteiger partial charge in [-0.05, 0) is 48.7 Å². The number of hydrogen-bond donors (Lipinski definition) is 1. The van der Waals surface area contributed by atoms with E-state index >= 15 is 0 Å². The number of rotatable bonds is 5. The highest BCUT2D eigenvalue weighted by Crippen LogP contribution is 2.20. The first-order chi connectivity index (χ1) is 9.60. The lowest BCUT2D eigenvalue weighted by atomic mass is 10.1. The Morgan fingerprint density at radius 2 is 1.85 bits per heavy atom. The molecule has 2 rings (SSSR count). The molecule has 2 aromatic rings. The van der Waals surface area contributed by atoms with Gasteiger partial charge in [-0.1, -0.05) is 40.2 Å². The van der Waals surface area contributed by atoms with Crippen molar-refractivity contribution in [2.24, 2.45) is 0 Å². The summed E-state index contributed by atoms with van der Waals surface area (Å²) in [5.41, 5.74) is 3.73. The molecule has 20 heavy (non-hydrogen) atoms. The van der Waals surface area contributed by atoms with E-state index in [2.05, 4.69) is 71.5 Å². The summed E-state index contributed by atoms with van der Waals surface area (Å²) in [4.78, 5) is 0. The van der Waals surface area contributed by atoms with Gasteiger partial charge in [0.15, 0.2) is 0 Å². The summed E-state index contributed by atoms with van der Waals surface area (Å²) in [6, 6.07) is 15.0. The molecule has 0 saturated heterocycles. The topological polar surface area (TPSA) is 21.3 Å². The molecular formula is C17H20BrNO. The lowest BCUT2D eigenvalue weighted by molar-refractivity contribution is 0.411. The van der Waals surface area contributed by atoms with Crippen molar-refractivity contribution in [1.29, 1.82) is 0 Å². The second kappa shape index (κ2) is 6.91. The molecule has 1 unspecified atom stereocenters. The third-order valence-corrected chi connectivity index (χ3v) is 3.97. The number of methoxy groups -OCH3 is 1. The molecule has 0 heterocycles. The van der Waals surface area contributed by atoms with Crippen LogP contribution in [0.5, 0.6) is 5.75 Å². The molecule has 0 aliphatic rings. The van der Waals surface area contributed by atoms with E-state index in [9.17, 15) is 0 Å². The normalized spacial score (nSPS) is 12.2. The molecule has 0 aliphatic heterocycles. The van der Waals surface area contributed by atoms with E-state index in [1.807, 2.05) is 6.07 Å². The van der Waals surface area contributed by atoms with Crippen molar-refractivity contribution >= 4 is 15.9 Å². The number of aryl methyl sites for hydroxylation is 1. The van der Waals surface area contributed by atoms with E-state index in [0.29, 0.717) is 6.04 Å². The molecule has 0 bridgehead atoms. The van der Waals surface area contributed by atoms with Gasteiger partial charge >= 0.3 is 0 Å². The van der Waals surface area contributed by atoms with Crippen LogP contribution >= 0.6 is 15.9 Å². The summed E-state index contributed by atoms with van der Waals surface area (Å²) in [5, 5.41) is 3.54. The van der Waals surface area contributed by atoms with Gasteiger partial charge in [-0.25, -0.2) is 0 Å². The Bertz CT molecular complexity index is 566. The second-order valence-electron chi connectivity index (χ2n) is 4.96. The van der Waals surface area contributed by atoms with Crippen LogP contribution in [0, 0.1) is 6.92 Å². The highest BCUT2D eigenvalue weighted by Gasteiger charge is 2.05. The van der Waals surface area contributed by atoms with Crippen molar-refractivity contribution in [1.82, 2.24) is 5.32 Å². The van der Waals surface area contributed by atoms with Crippen LogP contribution in [0.1, 0.15) is 29.7 Å². The van der Waals surface area contributed by atoms with E-state index in [-0.39, 0.29) is 0 Å². The maximum Gasteiger partial charge on any atom is 0.121 e. The fourth-order valence-corrected chi connectivity index (χ4v) is 2.46. The zero-order valence-corrected chi connectivity index (χ0v) is 13.7. The number of halogens is 1. The van der Waals surface area contributed by atoms with Gasteiger partial charge in [0, 0.05) is 17.1 Å². The average Bonchev–Trinajstić information content (AvgIpc) is 2.45. The molecule has 0 fully saturated rings. The zero-order chi connectivity index (χ0) is 14.5. The minimum Gasteiger partial charge on any atom is -0.496 e. The fraction of sp³-hybridized carbons (Fsp3) is 0.294. The molecule has 0 radical (unpaired) electrons. The van der Waals surface area contributed by atoms with Gasteiger partial charge in [-0.2, -0.15) is 0 Å². The number of nitrogens with one attached hydrogen (secondary N) is 1. The Labute approximate surface area is 129 Å². The van der Waals surface area contributed by atoms with Crippen molar-refractivity contribution in [3.8, 4) is 5.75 Å². The average molecular weight is 334 g/mol. The summed E-state index contributed by atoms with van der Waals surface area (Å²) >= 11 is 3.46. The smallest absolute Gasteiger partial charge is 0.121 e. The number of benzene rings is 2. The third kappa shape index (κ3) is 3.84. The quantitative estimate of drug-likeness (QED) is 0.862. The highest BCUT2D eigenvalue weighted by molar-refractivity contribution is 9.10. The molecule has 1 atom stereocenters. The number of ether oxygens (including phenoxy) is 1. The monoisotopic (exact) mass is 333 g/mol. The van der Waals surface area contributed by atoms with Gasteiger partial charge in [-0.15, -0.1) is 0 Å². The molecule has 3 heteroatoms. The van der Waals surface area contributed by atoms with Gasteiger partial charge in [0.1, 0.15) is 5.75 Å². The van der Waals surface area contributed by atoms with Crippen molar-refractivity contribution in [2.75, 3.05) is 7.11 Å². The highest BCUT2D eigenvalue weighted by atomic mass is 79.9. The van der Waals surface area contributed by atoms with Crippen molar-refractivity contribution in [2.45, 2.75) is 26.4 Å². The van der Waals surface area contributed by atoms with Gasteiger partial charge < -0.3 is 10.1 Å². The van der Waals surface area contributed by atoms with Gasteiger partial charge in [-0.3, -0.25) is 0 Å². The van der Waals surface area contributed by atoms with Crippen LogP contribution in [-0.2, 0) is 6.54 Å². The van der Waals surface area contributed by atoms with Gasteiger partial charge in [0.25, 0.3) is 0 Å². The second-order valence-corrected chi connectivity index (χ2v) is 5.87. The maximum absolute atomic E-state index is 5.28. The van der Waals surface area contributed by atoms with Gasteiger partial charge in [0.2, 0.25) is 0 Å².